The molecule has 0 bridgehead atoms. The minimum absolute atomic E-state index is 0.336. The Hall–Kier alpha value is -1.59. The topological polar surface area (TPSA) is 56.0 Å². The molecule has 1 aromatic carbocycles. The van der Waals surface area contributed by atoms with Gasteiger partial charge < -0.3 is 5.32 Å². The monoisotopic (exact) mass is 267 g/mol. The van der Waals surface area contributed by atoms with Crippen LogP contribution < -0.4 is 16.6 Å². The van der Waals surface area contributed by atoms with Gasteiger partial charge in [0.05, 0.1) is 17.1 Å². The van der Waals surface area contributed by atoms with Crippen molar-refractivity contribution in [2.45, 2.75) is 13.1 Å². The van der Waals surface area contributed by atoms with Crippen molar-refractivity contribution in [1.29, 1.82) is 0 Å². The van der Waals surface area contributed by atoms with E-state index in [-0.39, 0.29) is 17.4 Å². The molecule has 6 heteroatoms. The van der Waals surface area contributed by atoms with Gasteiger partial charge >= 0.3 is 5.69 Å². The highest BCUT2D eigenvalue weighted by Gasteiger charge is 2.14. The number of hydrogen-bond acceptors (Lipinski definition) is 3. The quantitative estimate of drug-likeness (QED) is 0.886. The molecule has 0 aliphatic heterocycles. The molecular formula is C12H14ClN3O2. The maximum atomic E-state index is 12.3. The second-order valence-corrected chi connectivity index (χ2v) is 4.58. The normalized spacial score (nSPS) is 12.9. The zero-order valence-electron chi connectivity index (χ0n) is 10.4. The molecule has 2 aromatic rings. The van der Waals surface area contributed by atoms with Crippen LogP contribution in [0.15, 0.2) is 27.8 Å². The van der Waals surface area contributed by atoms with Crippen LogP contribution in [0.3, 0.4) is 0 Å². The number of nitrogens with zero attached hydrogens (tertiary/aromatic N) is 2. The van der Waals surface area contributed by atoms with E-state index >= 15 is 0 Å². The lowest BCUT2D eigenvalue weighted by Crippen LogP contribution is -2.44. The molecule has 1 aromatic heterocycles. The molecule has 18 heavy (non-hydrogen) atoms. The molecule has 96 valence electrons. The van der Waals surface area contributed by atoms with E-state index < -0.39 is 0 Å². The molecule has 0 saturated carbocycles. The maximum Gasteiger partial charge on any atom is 0.332 e. The van der Waals surface area contributed by atoms with Crippen molar-refractivity contribution in [3.8, 4) is 0 Å². The van der Waals surface area contributed by atoms with Crippen molar-refractivity contribution in [3.05, 3.63) is 44.1 Å². The van der Waals surface area contributed by atoms with E-state index in [1.54, 1.807) is 39.2 Å². The lowest BCUT2D eigenvalue weighted by molar-refractivity contribution is 0.437. The number of halogens is 1. The molecule has 0 fully saturated rings. The van der Waals surface area contributed by atoms with Crippen LogP contribution in [0.2, 0.25) is 5.02 Å². The standard InChI is InChI=1S/C12H14ClN3O2/c1-7(14-2)16-11(17)9-6-8(13)4-5-10(9)15(3)12(16)18/h4-7,14H,1-3H3. The fourth-order valence-electron chi connectivity index (χ4n) is 1.92. The number of aryl methyl sites for hydroxylation is 1. The first-order chi connectivity index (χ1) is 8.47. The van der Waals surface area contributed by atoms with E-state index in [9.17, 15) is 9.59 Å². The average Bonchev–Trinajstić information content (AvgIpc) is 2.36. The summed E-state index contributed by atoms with van der Waals surface area (Å²) in [7, 11) is 3.33. The summed E-state index contributed by atoms with van der Waals surface area (Å²) < 4.78 is 2.62. The van der Waals surface area contributed by atoms with Crippen LogP contribution in [0.5, 0.6) is 0 Å². The van der Waals surface area contributed by atoms with Gasteiger partial charge in [0.2, 0.25) is 0 Å². The number of aromatic nitrogens is 2. The van der Waals surface area contributed by atoms with E-state index in [1.807, 2.05) is 0 Å². The molecule has 0 saturated heterocycles. The van der Waals surface area contributed by atoms with E-state index in [0.717, 1.165) is 0 Å². The Morgan fingerprint density at radius 2 is 2.00 bits per heavy atom. The van der Waals surface area contributed by atoms with Crippen molar-refractivity contribution < 1.29 is 0 Å². The average molecular weight is 268 g/mol. The lowest BCUT2D eigenvalue weighted by Gasteiger charge is -2.16. The molecule has 0 aliphatic carbocycles. The van der Waals surface area contributed by atoms with Gasteiger partial charge in [0.15, 0.2) is 0 Å². The Balaban J connectivity index is 2.98. The second kappa shape index (κ2) is 4.59. The summed E-state index contributed by atoms with van der Waals surface area (Å²) in [6.07, 6.45) is -0.375. The Kier molecular flexibility index (Phi) is 3.28. The largest absolute Gasteiger partial charge is 0.332 e. The third-order valence-corrected chi connectivity index (χ3v) is 3.30. The highest BCUT2D eigenvalue weighted by molar-refractivity contribution is 6.31. The van der Waals surface area contributed by atoms with Crippen molar-refractivity contribution in [2.75, 3.05) is 7.05 Å². The third-order valence-electron chi connectivity index (χ3n) is 3.07. The van der Waals surface area contributed by atoms with Gasteiger partial charge in [-0.15, -0.1) is 0 Å². The van der Waals surface area contributed by atoms with Crippen LogP contribution in [-0.4, -0.2) is 16.2 Å². The molecule has 0 spiro atoms. The Bertz CT molecular complexity index is 718. The predicted molar refractivity (Wildman–Crippen MR) is 72.2 cm³/mol. The fourth-order valence-corrected chi connectivity index (χ4v) is 2.10. The lowest BCUT2D eigenvalue weighted by atomic mass is 10.2. The van der Waals surface area contributed by atoms with Gasteiger partial charge in [0.25, 0.3) is 5.56 Å². The van der Waals surface area contributed by atoms with Gasteiger partial charge in [-0.05, 0) is 32.2 Å². The first kappa shape index (κ1) is 12.9. The minimum atomic E-state index is -0.375. The predicted octanol–water partition coefficient (Wildman–Crippen LogP) is 1.09. The van der Waals surface area contributed by atoms with Gasteiger partial charge in [-0.1, -0.05) is 11.6 Å². The van der Waals surface area contributed by atoms with Crippen LogP contribution in [0.25, 0.3) is 10.9 Å². The summed E-state index contributed by atoms with van der Waals surface area (Å²) in [5.74, 6) is 0. The first-order valence-corrected chi connectivity index (χ1v) is 5.93. The summed E-state index contributed by atoms with van der Waals surface area (Å²) in [4.78, 5) is 24.4. The first-order valence-electron chi connectivity index (χ1n) is 5.55. The summed E-state index contributed by atoms with van der Waals surface area (Å²) in [6, 6.07) is 4.92. The maximum absolute atomic E-state index is 12.3. The minimum Gasteiger partial charge on any atom is -0.300 e. The van der Waals surface area contributed by atoms with Gasteiger partial charge in [-0.25, -0.2) is 9.36 Å². The molecule has 1 N–H and O–H groups in total. The SMILES string of the molecule is CNC(C)n1c(=O)c2cc(Cl)ccc2n(C)c1=O. The molecule has 2 rings (SSSR count). The fraction of sp³-hybridized carbons (Fsp3) is 0.333. The Labute approximate surface area is 109 Å². The molecule has 5 nitrogen and oxygen atoms in total. The summed E-state index contributed by atoms with van der Waals surface area (Å²) in [5.41, 5.74) is -0.108. The van der Waals surface area contributed by atoms with Gasteiger partial charge in [0.1, 0.15) is 0 Å². The van der Waals surface area contributed by atoms with Crippen LogP contribution in [-0.2, 0) is 7.05 Å². The van der Waals surface area contributed by atoms with Crippen molar-refractivity contribution in [1.82, 2.24) is 14.5 Å². The number of nitrogens with one attached hydrogen (secondary N) is 1. The van der Waals surface area contributed by atoms with Crippen LogP contribution in [0, 0.1) is 0 Å². The molecule has 0 aliphatic rings. The van der Waals surface area contributed by atoms with Crippen LogP contribution in [0.4, 0.5) is 0 Å². The van der Waals surface area contributed by atoms with E-state index in [0.29, 0.717) is 15.9 Å². The van der Waals surface area contributed by atoms with Gasteiger partial charge in [-0.3, -0.25) is 9.36 Å². The zero-order chi connectivity index (χ0) is 13.4. The summed E-state index contributed by atoms with van der Waals surface area (Å²) in [6.45, 7) is 1.75. The molecule has 1 unspecified atom stereocenters. The smallest absolute Gasteiger partial charge is 0.300 e. The van der Waals surface area contributed by atoms with Crippen LogP contribution >= 0.6 is 11.6 Å². The Morgan fingerprint density at radius 1 is 1.33 bits per heavy atom. The highest BCUT2D eigenvalue weighted by atomic mass is 35.5. The number of benzene rings is 1. The van der Waals surface area contributed by atoms with E-state index in [2.05, 4.69) is 5.32 Å². The summed E-state index contributed by atoms with van der Waals surface area (Å²) >= 11 is 5.90. The van der Waals surface area contributed by atoms with E-state index in [4.69, 9.17) is 11.6 Å². The van der Waals surface area contributed by atoms with Gasteiger partial charge in [-0.2, -0.15) is 0 Å². The third kappa shape index (κ3) is 1.85. The molecule has 1 atom stereocenters. The van der Waals surface area contributed by atoms with Crippen molar-refractivity contribution in [2.24, 2.45) is 7.05 Å². The zero-order valence-corrected chi connectivity index (χ0v) is 11.2. The summed E-state index contributed by atoms with van der Waals surface area (Å²) in [5, 5.41) is 3.80. The molecule has 1 heterocycles. The van der Waals surface area contributed by atoms with Crippen molar-refractivity contribution >= 4 is 22.5 Å². The molecule has 0 radical (unpaired) electrons. The molecular weight excluding hydrogens is 254 g/mol. The van der Waals surface area contributed by atoms with Crippen molar-refractivity contribution in [3.63, 3.8) is 0 Å². The van der Waals surface area contributed by atoms with Crippen LogP contribution in [0.1, 0.15) is 13.1 Å². The number of hydrogen-bond donors (Lipinski definition) is 1. The van der Waals surface area contributed by atoms with Gasteiger partial charge in [0, 0.05) is 12.1 Å². The highest BCUT2D eigenvalue weighted by Crippen LogP contribution is 2.15. The Morgan fingerprint density at radius 3 is 2.61 bits per heavy atom. The number of rotatable bonds is 2. The van der Waals surface area contributed by atoms with E-state index in [1.165, 1.54) is 9.13 Å². The molecule has 0 amide bonds. The second-order valence-electron chi connectivity index (χ2n) is 4.14. The number of fused-ring (bicyclic) bond motifs is 1.